The Morgan fingerprint density at radius 1 is 1.12 bits per heavy atom. The first-order valence-electron chi connectivity index (χ1n) is 14.3. The summed E-state index contributed by atoms with van der Waals surface area (Å²) in [4.78, 5) is 25.7. The van der Waals surface area contributed by atoms with Crippen molar-refractivity contribution < 1.29 is 22.7 Å². The Hall–Kier alpha value is -3.80. The van der Waals surface area contributed by atoms with Crippen molar-refractivity contribution in [2.24, 2.45) is 5.16 Å². The normalized spacial score (nSPS) is 12.4. The third kappa shape index (κ3) is 8.40. The van der Waals surface area contributed by atoms with Crippen molar-refractivity contribution in [3.8, 4) is 11.1 Å². The largest absolute Gasteiger partial charge is 0.377 e. The zero-order valence-corrected chi connectivity index (χ0v) is 26.9. The summed E-state index contributed by atoms with van der Waals surface area (Å²) in [7, 11) is -2.71. The van der Waals surface area contributed by atoms with Gasteiger partial charge in [-0.3, -0.25) is 4.79 Å². The molecule has 1 aromatic heterocycles. The van der Waals surface area contributed by atoms with E-state index in [1.807, 2.05) is 25.1 Å². The Labute approximate surface area is 254 Å². The van der Waals surface area contributed by atoms with E-state index < -0.39 is 10.0 Å². The van der Waals surface area contributed by atoms with Crippen LogP contribution in [-0.4, -0.2) is 49.0 Å². The van der Waals surface area contributed by atoms with E-state index in [-0.39, 0.29) is 29.6 Å². The van der Waals surface area contributed by atoms with Gasteiger partial charge in [-0.25, -0.2) is 17.7 Å². The number of amidine groups is 1. The Morgan fingerprint density at radius 2 is 1.86 bits per heavy atom. The predicted molar refractivity (Wildman–Crippen MR) is 168 cm³/mol. The Bertz CT molecular complexity index is 1630. The summed E-state index contributed by atoms with van der Waals surface area (Å²) in [5.74, 6) is 1.23. The predicted octanol–water partition coefficient (Wildman–Crippen LogP) is 5.69. The van der Waals surface area contributed by atoms with E-state index in [4.69, 9.17) is 14.3 Å². The molecule has 1 N–H and O–H groups in total. The highest BCUT2D eigenvalue weighted by molar-refractivity contribution is 7.89. The van der Waals surface area contributed by atoms with Gasteiger partial charge in [0.15, 0.2) is 5.84 Å². The van der Waals surface area contributed by atoms with Gasteiger partial charge in [0.1, 0.15) is 18.3 Å². The molecule has 0 radical (unpaired) electrons. The van der Waals surface area contributed by atoms with Gasteiger partial charge in [0.2, 0.25) is 0 Å². The Kier molecular flexibility index (Phi) is 12.2. The number of ether oxygens (including phenoxy) is 2. The second-order valence-corrected chi connectivity index (χ2v) is 11.9. The summed E-state index contributed by atoms with van der Waals surface area (Å²) < 4.78 is 40.3. The molecule has 0 bridgehead atoms. The summed E-state index contributed by atoms with van der Waals surface area (Å²) in [6, 6.07) is 12.6. The van der Waals surface area contributed by atoms with Crippen LogP contribution in [0.2, 0.25) is 0 Å². The van der Waals surface area contributed by atoms with Crippen LogP contribution < -0.4 is 5.56 Å². The fourth-order valence-electron chi connectivity index (χ4n) is 4.57. The van der Waals surface area contributed by atoms with E-state index >= 15 is 0 Å². The van der Waals surface area contributed by atoms with Crippen molar-refractivity contribution >= 4 is 15.9 Å². The quantitative estimate of drug-likeness (QED) is 0.0817. The summed E-state index contributed by atoms with van der Waals surface area (Å²) >= 11 is 0. The van der Waals surface area contributed by atoms with E-state index in [1.54, 1.807) is 58.0 Å². The number of benzene rings is 2. The molecule has 0 aliphatic heterocycles. The highest BCUT2D eigenvalue weighted by Gasteiger charge is 2.29. The summed E-state index contributed by atoms with van der Waals surface area (Å²) in [5, 5.41) is 4.01. The van der Waals surface area contributed by atoms with Gasteiger partial charge in [-0.15, -0.1) is 0 Å². The van der Waals surface area contributed by atoms with Crippen LogP contribution in [0.1, 0.15) is 69.2 Å². The second kappa shape index (κ2) is 15.6. The lowest BCUT2D eigenvalue weighted by atomic mass is 9.94. The van der Waals surface area contributed by atoms with Crippen LogP contribution in [0, 0.1) is 6.92 Å². The first-order valence-corrected chi connectivity index (χ1v) is 15.7. The van der Waals surface area contributed by atoms with Crippen LogP contribution in [0.15, 0.2) is 69.1 Å². The van der Waals surface area contributed by atoms with Gasteiger partial charge < -0.3 is 19.3 Å². The molecule has 0 fully saturated rings. The average molecular weight is 611 g/mol. The van der Waals surface area contributed by atoms with E-state index in [9.17, 15) is 13.2 Å². The number of methoxy groups -OCH3 is 1. The molecule has 3 rings (SSSR count). The van der Waals surface area contributed by atoms with Crippen LogP contribution in [0.25, 0.3) is 11.1 Å². The van der Waals surface area contributed by atoms with Crippen molar-refractivity contribution in [3.05, 3.63) is 92.9 Å². The lowest BCUT2D eigenvalue weighted by Gasteiger charge is -2.24. The van der Waals surface area contributed by atoms with E-state index in [1.165, 1.54) is 7.11 Å². The topological polar surface area (TPSA) is 123 Å². The maximum atomic E-state index is 14.1. The molecule has 3 aromatic rings. The molecular formula is C32H42N4O6S. The third-order valence-electron chi connectivity index (χ3n) is 6.80. The molecule has 0 saturated carbocycles. The number of nitrogens with one attached hydrogen (secondary N) is 1. The van der Waals surface area contributed by atoms with Crippen LogP contribution >= 0.6 is 0 Å². The van der Waals surface area contributed by atoms with Crippen LogP contribution in [0.5, 0.6) is 0 Å². The summed E-state index contributed by atoms with van der Waals surface area (Å²) in [5.41, 5.74) is 4.18. The average Bonchev–Trinajstić information content (AvgIpc) is 2.99. The lowest BCUT2D eigenvalue weighted by Crippen LogP contribution is -2.37. The number of hydrogen-bond donors (Lipinski definition) is 1. The molecule has 0 aliphatic carbocycles. The molecule has 2 aromatic carbocycles. The molecule has 11 heteroatoms. The first-order chi connectivity index (χ1) is 20.6. The van der Waals surface area contributed by atoms with Crippen molar-refractivity contribution in [2.75, 3.05) is 20.4 Å². The van der Waals surface area contributed by atoms with E-state index in [2.05, 4.69) is 22.0 Å². The van der Waals surface area contributed by atoms with Crippen molar-refractivity contribution in [2.45, 2.75) is 72.3 Å². The molecular weight excluding hydrogens is 568 g/mol. The lowest BCUT2D eigenvalue weighted by molar-refractivity contribution is 0.134. The number of allylic oxidation sites excluding steroid dienone is 2. The fourth-order valence-corrected chi connectivity index (χ4v) is 6.14. The third-order valence-corrected chi connectivity index (χ3v) is 8.66. The molecule has 43 heavy (non-hydrogen) atoms. The molecule has 0 amide bonds. The Morgan fingerprint density at radius 3 is 2.53 bits per heavy atom. The molecule has 0 spiro atoms. The van der Waals surface area contributed by atoms with Gasteiger partial charge in [0.25, 0.3) is 15.6 Å². The van der Waals surface area contributed by atoms with Crippen molar-refractivity contribution in [1.82, 2.24) is 14.3 Å². The SMILES string of the molecule is C/C=C(\C)O/N=C(\C)N(COC)S(=O)(=O)c1ccccc1-c1ccc(Cc2c(CCC)nc(C)[nH]c2=O)cc1COCC. The minimum absolute atomic E-state index is 0.0827. The molecule has 0 unspecified atom stereocenters. The number of aromatic amines is 1. The summed E-state index contributed by atoms with van der Waals surface area (Å²) in [6.45, 7) is 11.3. The van der Waals surface area contributed by atoms with Gasteiger partial charge in [-0.05, 0) is 69.9 Å². The van der Waals surface area contributed by atoms with Crippen LogP contribution in [0.4, 0.5) is 0 Å². The number of H-pyrrole nitrogens is 1. The second-order valence-electron chi connectivity index (χ2n) is 10.0. The van der Waals surface area contributed by atoms with Gasteiger partial charge in [-0.1, -0.05) is 54.9 Å². The highest BCUT2D eigenvalue weighted by atomic mass is 32.2. The van der Waals surface area contributed by atoms with Gasteiger partial charge in [0.05, 0.1) is 17.2 Å². The molecule has 0 aliphatic rings. The minimum Gasteiger partial charge on any atom is -0.377 e. The van der Waals surface area contributed by atoms with E-state index in [0.29, 0.717) is 47.7 Å². The van der Waals surface area contributed by atoms with Crippen molar-refractivity contribution in [1.29, 1.82) is 0 Å². The fraction of sp³-hybridized carbons (Fsp3) is 0.406. The molecule has 10 nitrogen and oxygen atoms in total. The summed E-state index contributed by atoms with van der Waals surface area (Å²) in [6.07, 6.45) is 3.68. The number of hydrogen-bond acceptors (Lipinski definition) is 8. The molecule has 1 heterocycles. The Balaban J connectivity index is 2.13. The standard InChI is InChI=1S/C32H42N4O6S/c1-8-13-30-29(32(37)34-23(5)33-30)19-25-16-17-27(26(18-25)20-41-10-3)28-14-11-12-15-31(28)43(38,39)36(21-40-7)24(6)35-42-22(4)9-2/h9,11-12,14-18H,8,10,13,19-21H2,1-7H3,(H,33,34,37)/b22-9+,35-24+. The van der Waals surface area contributed by atoms with Crippen LogP contribution in [-0.2, 0) is 43.8 Å². The smallest absolute Gasteiger partial charge is 0.267 e. The number of sulfonamides is 1. The molecule has 232 valence electrons. The van der Waals surface area contributed by atoms with Gasteiger partial charge >= 0.3 is 0 Å². The van der Waals surface area contributed by atoms with Crippen molar-refractivity contribution in [3.63, 3.8) is 0 Å². The zero-order chi connectivity index (χ0) is 31.6. The van der Waals surface area contributed by atoms with E-state index in [0.717, 1.165) is 27.5 Å². The maximum absolute atomic E-state index is 14.1. The number of oxime groups is 1. The molecule has 0 saturated heterocycles. The number of aryl methyl sites for hydroxylation is 2. The van der Waals surface area contributed by atoms with Gasteiger partial charge in [0, 0.05) is 31.3 Å². The number of rotatable bonds is 14. The maximum Gasteiger partial charge on any atom is 0.267 e. The first kappa shape index (κ1) is 33.7. The number of nitrogens with zero attached hydrogens (tertiary/aromatic N) is 3. The highest BCUT2D eigenvalue weighted by Crippen LogP contribution is 2.33. The monoisotopic (exact) mass is 610 g/mol. The van der Waals surface area contributed by atoms with Crippen LogP contribution in [0.3, 0.4) is 0 Å². The molecule has 0 atom stereocenters. The van der Waals surface area contributed by atoms with Gasteiger partial charge in [-0.2, -0.15) is 0 Å². The minimum atomic E-state index is -4.13. The zero-order valence-electron chi connectivity index (χ0n) is 26.1. The number of aromatic nitrogens is 2.